The van der Waals surface area contributed by atoms with Gasteiger partial charge in [-0.2, -0.15) is 0 Å². The molecule has 1 aliphatic carbocycles. The molecule has 1 aromatic heterocycles. The standard InChI is InChI=1S/C21H17F2NO2S/c22-18-7-5-16(10-19(18)23)24-21(25)20-8-13(12-27-20)11-26-17-6-4-14-2-1-3-15(14)9-17/h4-10,12H,1-3,11H2,(H,24,25). The van der Waals surface area contributed by atoms with Crippen LogP contribution in [0.4, 0.5) is 14.5 Å². The molecule has 6 heteroatoms. The van der Waals surface area contributed by atoms with Crippen LogP contribution in [0.1, 0.15) is 32.8 Å². The average molecular weight is 385 g/mol. The summed E-state index contributed by atoms with van der Waals surface area (Å²) in [5.74, 6) is -1.48. The molecule has 0 spiro atoms. The summed E-state index contributed by atoms with van der Waals surface area (Å²) in [7, 11) is 0. The van der Waals surface area contributed by atoms with Crippen LogP contribution in [0.5, 0.6) is 5.75 Å². The van der Waals surface area contributed by atoms with Crippen molar-refractivity contribution in [3.63, 3.8) is 0 Å². The largest absolute Gasteiger partial charge is 0.489 e. The van der Waals surface area contributed by atoms with Gasteiger partial charge in [-0.05, 0) is 66.1 Å². The molecule has 1 heterocycles. The zero-order chi connectivity index (χ0) is 18.8. The van der Waals surface area contributed by atoms with E-state index >= 15 is 0 Å². The lowest BCUT2D eigenvalue weighted by molar-refractivity contribution is 0.103. The van der Waals surface area contributed by atoms with Gasteiger partial charge in [0.1, 0.15) is 12.4 Å². The molecule has 138 valence electrons. The van der Waals surface area contributed by atoms with Gasteiger partial charge >= 0.3 is 0 Å². The SMILES string of the molecule is O=C(Nc1ccc(F)c(F)c1)c1cc(COc2ccc3c(c2)CCC3)cs1. The Kier molecular flexibility index (Phi) is 4.90. The summed E-state index contributed by atoms with van der Waals surface area (Å²) in [5.41, 5.74) is 3.85. The summed E-state index contributed by atoms with van der Waals surface area (Å²) in [4.78, 5) is 12.7. The van der Waals surface area contributed by atoms with Gasteiger partial charge in [0.2, 0.25) is 0 Å². The monoisotopic (exact) mass is 385 g/mol. The summed E-state index contributed by atoms with van der Waals surface area (Å²) in [6.07, 6.45) is 3.43. The van der Waals surface area contributed by atoms with Gasteiger partial charge < -0.3 is 10.1 Å². The lowest BCUT2D eigenvalue weighted by Gasteiger charge is -2.07. The normalized spacial score (nSPS) is 12.7. The molecular formula is C21H17F2NO2S. The maximum atomic E-state index is 13.2. The molecule has 3 nitrogen and oxygen atoms in total. The summed E-state index contributed by atoms with van der Waals surface area (Å²) in [6.45, 7) is 0.369. The maximum Gasteiger partial charge on any atom is 0.265 e. The highest BCUT2D eigenvalue weighted by Gasteiger charge is 2.13. The number of thiophene rings is 1. The van der Waals surface area contributed by atoms with Crippen LogP contribution in [-0.4, -0.2) is 5.91 Å². The van der Waals surface area contributed by atoms with Gasteiger partial charge in [-0.25, -0.2) is 8.78 Å². The van der Waals surface area contributed by atoms with E-state index in [-0.39, 0.29) is 11.6 Å². The number of ether oxygens (including phenoxy) is 1. The number of nitrogens with one attached hydrogen (secondary N) is 1. The Balaban J connectivity index is 1.37. The molecule has 1 N–H and O–H groups in total. The first kappa shape index (κ1) is 17.7. The lowest BCUT2D eigenvalue weighted by atomic mass is 10.1. The minimum absolute atomic E-state index is 0.211. The third-order valence-electron chi connectivity index (χ3n) is 4.53. The highest BCUT2D eigenvalue weighted by molar-refractivity contribution is 7.12. The van der Waals surface area contributed by atoms with Crippen molar-refractivity contribution in [1.82, 2.24) is 0 Å². The molecule has 0 radical (unpaired) electrons. The Morgan fingerprint density at radius 3 is 2.74 bits per heavy atom. The Morgan fingerprint density at radius 2 is 1.89 bits per heavy atom. The number of fused-ring (bicyclic) bond motifs is 1. The van der Waals surface area contributed by atoms with Crippen LogP contribution in [0.2, 0.25) is 0 Å². The van der Waals surface area contributed by atoms with E-state index in [1.807, 2.05) is 11.4 Å². The summed E-state index contributed by atoms with van der Waals surface area (Å²) in [6, 6.07) is 11.2. The van der Waals surface area contributed by atoms with Crippen LogP contribution in [0.15, 0.2) is 47.8 Å². The number of hydrogen-bond acceptors (Lipinski definition) is 3. The average Bonchev–Trinajstić information content (AvgIpc) is 3.31. The first-order valence-corrected chi connectivity index (χ1v) is 9.55. The molecule has 0 bridgehead atoms. The predicted octanol–water partition coefficient (Wildman–Crippen LogP) is 5.35. The highest BCUT2D eigenvalue weighted by Crippen LogP contribution is 2.27. The molecule has 0 aliphatic heterocycles. The molecule has 0 fully saturated rings. The quantitative estimate of drug-likeness (QED) is 0.643. The zero-order valence-electron chi connectivity index (χ0n) is 14.4. The lowest BCUT2D eigenvalue weighted by Crippen LogP contribution is -2.10. The van der Waals surface area contributed by atoms with Crippen LogP contribution in [0.3, 0.4) is 0 Å². The van der Waals surface area contributed by atoms with Crippen LogP contribution in [0, 0.1) is 11.6 Å². The molecule has 0 saturated carbocycles. The first-order chi connectivity index (χ1) is 13.1. The van der Waals surface area contributed by atoms with Crippen molar-refractivity contribution in [1.29, 1.82) is 0 Å². The summed E-state index contributed by atoms with van der Waals surface area (Å²) < 4.78 is 32.0. The fraction of sp³-hybridized carbons (Fsp3) is 0.190. The van der Waals surface area contributed by atoms with E-state index in [1.54, 1.807) is 6.07 Å². The van der Waals surface area contributed by atoms with Crippen LogP contribution < -0.4 is 10.1 Å². The van der Waals surface area contributed by atoms with E-state index in [0.717, 1.165) is 36.3 Å². The van der Waals surface area contributed by atoms with E-state index in [0.29, 0.717) is 11.5 Å². The van der Waals surface area contributed by atoms with Crippen molar-refractivity contribution >= 4 is 22.9 Å². The fourth-order valence-corrected chi connectivity index (χ4v) is 3.93. The Morgan fingerprint density at radius 1 is 1.04 bits per heavy atom. The van der Waals surface area contributed by atoms with Crippen molar-refractivity contribution in [2.45, 2.75) is 25.9 Å². The molecule has 1 aliphatic rings. The number of halogens is 2. The van der Waals surface area contributed by atoms with E-state index in [2.05, 4.69) is 17.4 Å². The number of carbonyl (C=O) groups is 1. The van der Waals surface area contributed by atoms with Crippen molar-refractivity contribution in [3.8, 4) is 5.75 Å². The molecule has 0 saturated heterocycles. The number of amides is 1. The number of hydrogen-bond donors (Lipinski definition) is 1. The molecule has 1 amide bonds. The highest BCUT2D eigenvalue weighted by atomic mass is 32.1. The van der Waals surface area contributed by atoms with Gasteiger partial charge in [0.15, 0.2) is 11.6 Å². The summed E-state index contributed by atoms with van der Waals surface area (Å²) in [5, 5.41) is 4.42. The van der Waals surface area contributed by atoms with Crippen molar-refractivity contribution in [2.75, 3.05) is 5.32 Å². The molecule has 4 rings (SSSR count). The van der Waals surface area contributed by atoms with Crippen molar-refractivity contribution in [3.05, 3.63) is 81.0 Å². The van der Waals surface area contributed by atoms with Crippen molar-refractivity contribution < 1.29 is 18.3 Å². The topological polar surface area (TPSA) is 38.3 Å². The summed E-state index contributed by atoms with van der Waals surface area (Å²) >= 11 is 1.28. The van der Waals surface area contributed by atoms with Crippen molar-refractivity contribution in [2.24, 2.45) is 0 Å². The molecule has 2 aromatic carbocycles. The third-order valence-corrected chi connectivity index (χ3v) is 5.51. The van der Waals surface area contributed by atoms with Gasteiger partial charge in [0.25, 0.3) is 5.91 Å². The number of benzene rings is 2. The van der Waals surface area contributed by atoms with E-state index in [9.17, 15) is 13.6 Å². The van der Waals surface area contributed by atoms with Gasteiger partial charge in [0, 0.05) is 17.3 Å². The molecular weight excluding hydrogens is 368 g/mol. The zero-order valence-corrected chi connectivity index (χ0v) is 15.2. The Bertz CT molecular complexity index is 1000. The Hall–Kier alpha value is -2.73. The van der Waals surface area contributed by atoms with E-state index in [4.69, 9.17) is 4.74 Å². The maximum absolute atomic E-state index is 13.2. The minimum atomic E-state index is -0.998. The van der Waals surface area contributed by atoms with E-state index < -0.39 is 11.6 Å². The van der Waals surface area contributed by atoms with Gasteiger partial charge in [-0.3, -0.25) is 4.79 Å². The first-order valence-electron chi connectivity index (χ1n) is 8.67. The minimum Gasteiger partial charge on any atom is -0.489 e. The smallest absolute Gasteiger partial charge is 0.265 e. The van der Waals surface area contributed by atoms with Gasteiger partial charge in [0.05, 0.1) is 4.88 Å². The Labute approximate surface area is 159 Å². The second-order valence-electron chi connectivity index (χ2n) is 6.47. The fourth-order valence-electron chi connectivity index (χ4n) is 3.14. The molecule has 0 unspecified atom stereocenters. The second-order valence-corrected chi connectivity index (χ2v) is 7.39. The number of aryl methyl sites for hydroxylation is 2. The number of anilines is 1. The molecule has 0 atom stereocenters. The van der Waals surface area contributed by atoms with Crippen LogP contribution in [-0.2, 0) is 19.4 Å². The number of carbonyl (C=O) groups excluding carboxylic acids is 1. The number of rotatable bonds is 5. The third kappa shape index (κ3) is 4.01. The predicted molar refractivity (Wildman–Crippen MR) is 101 cm³/mol. The molecule has 27 heavy (non-hydrogen) atoms. The van der Waals surface area contributed by atoms with Crippen LogP contribution in [0.25, 0.3) is 0 Å². The van der Waals surface area contributed by atoms with E-state index in [1.165, 1.54) is 35.0 Å². The second kappa shape index (κ2) is 7.48. The van der Waals surface area contributed by atoms with Gasteiger partial charge in [-0.15, -0.1) is 11.3 Å². The molecule has 3 aromatic rings. The van der Waals surface area contributed by atoms with Gasteiger partial charge in [-0.1, -0.05) is 6.07 Å². The van der Waals surface area contributed by atoms with Crippen LogP contribution >= 0.6 is 11.3 Å².